The number of morpholine rings is 1. The third-order valence-electron chi connectivity index (χ3n) is 4.25. The number of aryl methyl sites for hydroxylation is 1. The molecule has 1 saturated heterocycles. The first-order chi connectivity index (χ1) is 9.52. The molecule has 0 saturated carbocycles. The Morgan fingerprint density at radius 3 is 2.70 bits per heavy atom. The van der Waals surface area contributed by atoms with Crippen molar-refractivity contribution >= 4 is 17.2 Å². The molecule has 3 nitrogen and oxygen atoms in total. The third-order valence-corrected chi connectivity index (χ3v) is 5.47. The van der Waals surface area contributed by atoms with Gasteiger partial charge in [0.1, 0.15) is 0 Å². The van der Waals surface area contributed by atoms with Crippen LogP contribution in [0.5, 0.6) is 0 Å². The van der Waals surface area contributed by atoms with Crippen LogP contribution >= 0.6 is 11.3 Å². The molecule has 0 aromatic carbocycles. The van der Waals surface area contributed by atoms with Crippen molar-refractivity contribution in [3.8, 4) is 0 Å². The quantitative estimate of drug-likeness (QED) is 0.796. The van der Waals surface area contributed by atoms with Gasteiger partial charge in [-0.05, 0) is 50.7 Å². The van der Waals surface area contributed by atoms with E-state index in [-0.39, 0.29) is 18.1 Å². The fraction of sp³-hybridized carbons (Fsp3) is 0.688. The second kappa shape index (κ2) is 5.49. The van der Waals surface area contributed by atoms with Crippen molar-refractivity contribution in [1.29, 1.82) is 0 Å². The molecular formula is C16H23NO2S. The number of amides is 1. The minimum atomic E-state index is 0.136. The molecule has 1 aromatic heterocycles. The summed E-state index contributed by atoms with van der Waals surface area (Å²) in [6, 6.07) is 2.14. The third kappa shape index (κ3) is 2.77. The van der Waals surface area contributed by atoms with Crippen molar-refractivity contribution in [2.24, 2.45) is 5.92 Å². The molecule has 0 N–H and O–H groups in total. The molecular weight excluding hydrogens is 270 g/mol. The molecule has 110 valence electrons. The van der Waals surface area contributed by atoms with Crippen LogP contribution in [-0.4, -0.2) is 36.1 Å². The Labute approximate surface area is 124 Å². The minimum Gasteiger partial charge on any atom is -0.372 e. The highest BCUT2D eigenvalue weighted by Gasteiger charge is 2.28. The zero-order valence-corrected chi connectivity index (χ0v) is 13.3. The van der Waals surface area contributed by atoms with E-state index in [2.05, 4.69) is 13.0 Å². The number of ether oxygens (including phenoxy) is 1. The van der Waals surface area contributed by atoms with Gasteiger partial charge in [-0.2, -0.15) is 0 Å². The summed E-state index contributed by atoms with van der Waals surface area (Å²) in [5, 5.41) is 0. The summed E-state index contributed by atoms with van der Waals surface area (Å²) < 4.78 is 5.71. The van der Waals surface area contributed by atoms with Gasteiger partial charge in [-0.25, -0.2) is 0 Å². The number of carbonyl (C=O) groups is 1. The van der Waals surface area contributed by atoms with E-state index in [4.69, 9.17) is 4.74 Å². The fourth-order valence-electron chi connectivity index (χ4n) is 3.31. The summed E-state index contributed by atoms with van der Waals surface area (Å²) in [5.41, 5.74) is 1.41. The van der Waals surface area contributed by atoms with Crippen molar-refractivity contribution in [3.63, 3.8) is 0 Å². The molecule has 20 heavy (non-hydrogen) atoms. The predicted octanol–water partition coefficient (Wildman–Crippen LogP) is 3.12. The summed E-state index contributed by atoms with van der Waals surface area (Å²) >= 11 is 1.71. The molecule has 2 heterocycles. The maximum absolute atomic E-state index is 12.7. The van der Waals surface area contributed by atoms with E-state index in [1.807, 2.05) is 18.7 Å². The van der Waals surface area contributed by atoms with Crippen LogP contribution in [0.3, 0.4) is 0 Å². The summed E-state index contributed by atoms with van der Waals surface area (Å²) in [5.74, 6) is 0.947. The Kier molecular flexibility index (Phi) is 3.87. The fourth-order valence-corrected chi connectivity index (χ4v) is 4.49. The zero-order chi connectivity index (χ0) is 14.3. The van der Waals surface area contributed by atoms with Crippen LogP contribution in [0.15, 0.2) is 6.07 Å². The predicted molar refractivity (Wildman–Crippen MR) is 81.4 cm³/mol. The van der Waals surface area contributed by atoms with Crippen LogP contribution in [0, 0.1) is 5.92 Å². The largest absolute Gasteiger partial charge is 0.372 e. The molecule has 2 aliphatic rings. The number of rotatable bonds is 1. The molecule has 1 amide bonds. The zero-order valence-electron chi connectivity index (χ0n) is 12.5. The first-order valence-electron chi connectivity index (χ1n) is 7.59. The number of nitrogens with zero attached hydrogens (tertiary/aromatic N) is 1. The van der Waals surface area contributed by atoms with Crippen LogP contribution in [0.1, 0.15) is 47.3 Å². The normalized spacial score (nSPS) is 30.1. The molecule has 0 spiro atoms. The lowest BCUT2D eigenvalue weighted by atomic mass is 9.90. The minimum absolute atomic E-state index is 0.136. The van der Waals surface area contributed by atoms with Crippen LogP contribution in [0.4, 0.5) is 0 Å². The van der Waals surface area contributed by atoms with Gasteiger partial charge in [-0.3, -0.25) is 4.79 Å². The van der Waals surface area contributed by atoms with E-state index >= 15 is 0 Å². The van der Waals surface area contributed by atoms with Crippen LogP contribution < -0.4 is 0 Å². The van der Waals surface area contributed by atoms with Gasteiger partial charge >= 0.3 is 0 Å². The average Bonchev–Trinajstić information content (AvgIpc) is 2.79. The van der Waals surface area contributed by atoms with E-state index < -0.39 is 0 Å². The second-order valence-corrected chi connectivity index (χ2v) is 7.51. The Balaban J connectivity index is 1.77. The van der Waals surface area contributed by atoms with E-state index in [1.54, 1.807) is 11.3 Å². The van der Waals surface area contributed by atoms with E-state index in [0.717, 1.165) is 23.6 Å². The van der Waals surface area contributed by atoms with Gasteiger partial charge in [0.15, 0.2) is 0 Å². The molecule has 4 heteroatoms. The molecule has 0 radical (unpaired) electrons. The molecule has 0 unspecified atom stereocenters. The van der Waals surface area contributed by atoms with Crippen LogP contribution in [0.2, 0.25) is 0 Å². The Morgan fingerprint density at radius 2 is 2.00 bits per heavy atom. The van der Waals surface area contributed by atoms with Gasteiger partial charge in [0.05, 0.1) is 17.1 Å². The number of hydrogen-bond donors (Lipinski definition) is 0. The van der Waals surface area contributed by atoms with Crippen LogP contribution in [-0.2, 0) is 17.6 Å². The number of carbonyl (C=O) groups excluding carboxylic acids is 1. The van der Waals surface area contributed by atoms with Crippen molar-refractivity contribution in [3.05, 3.63) is 21.4 Å². The topological polar surface area (TPSA) is 29.5 Å². The standard InChI is InChI=1S/C16H23NO2S/c1-10-4-5-14-13(6-10)7-15(20-14)16(18)17-8-11(2)19-12(3)9-17/h7,10-12H,4-6,8-9H2,1-3H3/t10-,11-,12-/m1/s1. The number of thiophene rings is 1. The summed E-state index contributed by atoms with van der Waals surface area (Å²) in [4.78, 5) is 17.0. The Morgan fingerprint density at radius 1 is 1.30 bits per heavy atom. The van der Waals surface area contributed by atoms with Gasteiger partial charge in [-0.1, -0.05) is 6.92 Å². The molecule has 1 fully saturated rings. The molecule has 0 bridgehead atoms. The molecule has 3 atom stereocenters. The molecule has 1 aliphatic heterocycles. The maximum atomic E-state index is 12.7. The highest BCUT2D eigenvalue weighted by atomic mass is 32.1. The Bertz CT molecular complexity index is 501. The number of hydrogen-bond acceptors (Lipinski definition) is 3. The number of fused-ring (bicyclic) bond motifs is 1. The lowest BCUT2D eigenvalue weighted by Crippen LogP contribution is -2.48. The average molecular weight is 293 g/mol. The van der Waals surface area contributed by atoms with Gasteiger partial charge in [0, 0.05) is 18.0 Å². The smallest absolute Gasteiger partial charge is 0.264 e. The van der Waals surface area contributed by atoms with E-state index in [1.165, 1.54) is 16.9 Å². The SMILES string of the molecule is C[C@@H]1CCc2sc(C(=O)N3C[C@@H](C)O[C@H](C)C3)cc2C1. The first-order valence-corrected chi connectivity index (χ1v) is 8.41. The monoisotopic (exact) mass is 293 g/mol. The van der Waals surface area contributed by atoms with Crippen molar-refractivity contribution < 1.29 is 9.53 Å². The summed E-state index contributed by atoms with van der Waals surface area (Å²) in [6.07, 6.45) is 3.81. The lowest BCUT2D eigenvalue weighted by Gasteiger charge is -2.35. The van der Waals surface area contributed by atoms with Gasteiger partial charge in [-0.15, -0.1) is 11.3 Å². The van der Waals surface area contributed by atoms with E-state index in [9.17, 15) is 4.79 Å². The van der Waals surface area contributed by atoms with Crippen LogP contribution in [0.25, 0.3) is 0 Å². The highest BCUT2D eigenvalue weighted by molar-refractivity contribution is 7.14. The van der Waals surface area contributed by atoms with E-state index in [0.29, 0.717) is 13.1 Å². The highest BCUT2D eigenvalue weighted by Crippen LogP contribution is 2.33. The first kappa shape index (κ1) is 14.1. The summed E-state index contributed by atoms with van der Waals surface area (Å²) in [7, 11) is 0. The van der Waals surface area contributed by atoms with Crippen molar-refractivity contribution in [1.82, 2.24) is 4.90 Å². The lowest BCUT2D eigenvalue weighted by molar-refractivity contribution is -0.0585. The van der Waals surface area contributed by atoms with Gasteiger partial charge in [0.25, 0.3) is 5.91 Å². The molecule has 1 aliphatic carbocycles. The van der Waals surface area contributed by atoms with Crippen molar-refractivity contribution in [2.75, 3.05) is 13.1 Å². The van der Waals surface area contributed by atoms with Gasteiger partial charge < -0.3 is 9.64 Å². The molecule has 3 rings (SSSR count). The van der Waals surface area contributed by atoms with Crippen molar-refractivity contribution in [2.45, 2.75) is 52.2 Å². The Hall–Kier alpha value is -0.870. The molecule has 1 aromatic rings. The maximum Gasteiger partial charge on any atom is 0.264 e. The second-order valence-electron chi connectivity index (χ2n) is 6.37. The van der Waals surface area contributed by atoms with Gasteiger partial charge in [0.2, 0.25) is 0 Å². The summed E-state index contributed by atoms with van der Waals surface area (Å²) in [6.45, 7) is 7.80.